The van der Waals surface area contributed by atoms with Crippen molar-refractivity contribution in [1.82, 2.24) is 4.98 Å². The summed E-state index contributed by atoms with van der Waals surface area (Å²) in [5.74, 6) is 0.625. The van der Waals surface area contributed by atoms with Crippen molar-refractivity contribution in [2.45, 2.75) is 0 Å². The molecule has 2 aromatic rings. The first-order valence-electron chi connectivity index (χ1n) is 5.81. The third-order valence-electron chi connectivity index (χ3n) is 2.61. The average Bonchev–Trinajstić information content (AvgIpc) is 2.95. The molecular formula is C13H13ClN2O4S. The molecule has 1 heterocycles. The van der Waals surface area contributed by atoms with Gasteiger partial charge in [0.15, 0.2) is 5.13 Å². The Hall–Kier alpha value is -1.99. The fourth-order valence-electron chi connectivity index (χ4n) is 1.60. The van der Waals surface area contributed by atoms with Crippen LogP contribution in [0.3, 0.4) is 0 Å². The van der Waals surface area contributed by atoms with Gasteiger partial charge in [-0.05, 0) is 6.07 Å². The van der Waals surface area contributed by atoms with Crippen LogP contribution in [0.15, 0.2) is 18.3 Å². The van der Waals surface area contributed by atoms with Crippen molar-refractivity contribution in [3.8, 4) is 11.5 Å². The highest BCUT2D eigenvalue weighted by atomic mass is 35.5. The topological polar surface area (TPSA) is 69.7 Å². The molecule has 0 radical (unpaired) electrons. The van der Waals surface area contributed by atoms with Gasteiger partial charge in [-0.3, -0.25) is 0 Å². The summed E-state index contributed by atoms with van der Waals surface area (Å²) in [5, 5.41) is 4.01. The number of carbonyl (C=O) groups is 1. The van der Waals surface area contributed by atoms with Crippen LogP contribution < -0.4 is 14.8 Å². The molecule has 112 valence electrons. The first kappa shape index (κ1) is 15.4. The summed E-state index contributed by atoms with van der Waals surface area (Å²) in [6, 6.07) is 3.33. The molecule has 0 spiro atoms. The second kappa shape index (κ2) is 6.64. The van der Waals surface area contributed by atoms with Crippen molar-refractivity contribution < 1.29 is 19.0 Å². The summed E-state index contributed by atoms with van der Waals surface area (Å²) in [7, 11) is 4.38. The number of ether oxygens (including phenoxy) is 3. The normalized spacial score (nSPS) is 10.1. The summed E-state index contributed by atoms with van der Waals surface area (Å²) in [6.07, 6.45) is 1.44. The summed E-state index contributed by atoms with van der Waals surface area (Å²) < 4.78 is 15.0. The molecule has 0 unspecified atom stereocenters. The molecule has 0 saturated carbocycles. The molecule has 2 rings (SSSR count). The minimum atomic E-state index is -0.430. The van der Waals surface area contributed by atoms with E-state index in [9.17, 15) is 4.79 Å². The smallest absolute Gasteiger partial charge is 0.349 e. The molecule has 0 fully saturated rings. The van der Waals surface area contributed by atoms with Crippen LogP contribution in [0, 0.1) is 0 Å². The van der Waals surface area contributed by atoms with Gasteiger partial charge in [-0.2, -0.15) is 0 Å². The van der Waals surface area contributed by atoms with E-state index >= 15 is 0 Å². The van der Waals surface area contributed by atoms with Gasteiger partial charge in [-0.1, -0.05) is 22.9 Å². The van der Waals surface area contributed by atoms with Crippen molar-refractivity contribution in [2.75, 3.05) is 26.6 Å². The summed E-state index contributed by atoms with van der Waals surface area (Å²) in [4.78, 5) is 15.9. The average molecular weight is 329 g/mol. The van der Waals surface area contributed by atoms with Gasteiger partial charge in [-0.15, -0.1) is 0 Å². The Bertz CT molecular complexity index is 660. The van der Waals surface area contributed by atoms with Crippen LogP contribution in [0.1, 0.15) is 9.67 Å². The fraction of sp³-hybridized carbons (Fsp3) is 0.231. The highest BCUT2D eigenvalue weighted by Gasteiger charge is 2.14. The minimum absolute atomic E-state index is 0.401. The Morgan fingerprint density at radius 2 is 1.95 bits per heavy atom. The maximum absolute atomic E-state index is 11.4. The molecule has 1 N–H and O–H groups in total. The van der Waals surface area contributed by atoms with Gasteiger partial charge >= 0.3 is 5.97 Å². The molecule has 0 aliphatic carbocycles. The van der Waals surface area contributed by atoms with Gasteiger partial charge in [0.05, 0.1) is 38.2 Å². The highest BCUT2D eigenvalue weighted by molar-refractivity contribution is 7.17. The maximum atomic E-state index is 11.4. The minimum Gasteiger partial charge on any atom is -0.495 e. The number of carbonyl (C=O) groups excluding carboxylic acids is 1. The largest absolute Gasteiger partial charge is 0.495 e. The number of nitrogens with zero attached hydrogens (tertiary/aromatic N) is 1. The second-order valence-electron chi connectivity index (χ2n) is 3.83. The van der Waals surface area contributed by atoms with Crippen molar-refractivity contribution >= 4 is 39.7 Å². The summed E-state index contributed by atoms with van der Waals surface area (Å²) >= 11 is 7.26. The number of esters is 1. The summed E-state index contributed by atoms with van der Waals surface area (Å²) in [5.41, 5.74) is 0.620. The number of thiazole rings is 1. The number of halogens is 1. The Morgan fingerprint density at radius 1 is 1.24 bits per heavy atom. The molecule has 6 nitrogen and oxygen atoms in total. The van der Waals surface area contributed by atoms with Crippen molar-refractivity contribution in [1.29, 1.82) is 0 Å². The van der Waals surface area contributed by atoms with Gasteiger partial charge in [0, 0.05) is 6.07 Å². The second-order valence-corrected chi connectivity index (χ2v) is 5.27. The van der Waals surface area contributed by atoms with Crippen LogP contribution in [0.2, 0.25) is 5.02 Å². The van der Waals surface area contributed by atoms with Crippen LogP contribution in [0.5, 0.6) is 11.5 Å². The van der Waals surface area contributed by atoms with Crippen LogP contribution in [-0.2, 0) is 4.74 Å². The molecule has 0 saturated heterocycles. The van der Waals surface area contributed by atoms with Gasteiger partial charge < -0.3 is 19.5 Å². The van der Waals surface area contributed by atoms with Crippen LogP contribution in [0.4, 0.5) is 10.8 Å². The Balaban J connectivity index is 2.28. The van der Waals surface area contributed by atoms with Crippen LogP contribution >= 0.6 is 22.9 Å². The zero-order valence-electron chi connectivity index (χ0n) is 11.6. The maximum Gasteiger partial charge on any atom is 0.349 e. The quantitative estimate of drug-likeness (QED) is 0.849. The zero-order valence-corrected chi connectivity index (χ0v) is 13.2. The predicted octanol–water partition coefficient (Wildman–Crippen LogP) is 3.34. The molecule has 21 heavy (non-hydrogen) atoms. The van der Waals surface area contributed by atoms with Crippen molar-refractivity contribution in [2.24, 2.45) is 0 Å². The van der Waals surface area contributed by atoms with Gasteiger partial charge in [-0.25, -0.2) is 9.78 Å². The number of hydrogen-bond acceptors (Lipinski definition) is 7. The monoisotopic (exact) mass is 328 g/mol. The third-order valence-corrected chi connectivity index (χ3v) is 3.80. The van der Waals surface area contributed by atoms with E-state index in [1.54, 1.807) is 12.1 Å². The lowest BCUT2D eigenvalue weighted by Crippen LogP contribution is -1.97. The van der Waals surface area contributed by atoms with E-state index in [1.165, 1.54) is 38.9 Å². The molecule has 8 heteroatoms. The van der Waals surface area contributed by atoms with E-state index in [1.807, 2.05) is 0 Å². The van der Waals surface area contributed by atoms with E-state index in [0.717, 1.165) is 0 Å². The molecule has 1 aromatic carbocycles. The van der Waals surface area contributed by atoms with Gasteiger partial charge in [0.25, 0.3) is 0 Å². The Morgan fingerprint density at radius 3 is 2.57 bits per heavy atom. The number of aromatic nitrogens is 1. The number of hydrogen-bond donors (Lipinski definition) is 1. The molecule has 0 aliphatic rings. The summed E-state index contributed by atoms with van der Waals surface area (Å²) in [6.45, 7) is 0. The fourth-order valence-corrected chi connectivity index (χ4v) is 2.59. The lowest BCUT2D eigenvalue weighted by atomic mass is 10.2. The molecular weight excluding hydrogens is 316 g/mol. The lowest BCUT2D eigenvalue weighted by molar-refractivity contribution is 0.0606. The van der Waals surface area contributed by atoms with E-state index in [0.29, 0.717) is 32.2 Å². The number of methoxy groups -OCH3 is 3. The standard InChI is InChI=1S/C13H13ClN2O4S/c1-18-9-5-10(19-2)8(4-7(9)14)16-13-15-6-11(21-13)12(17)20-3/h4-6H,1-3H3,(H,15,16). The van der Waals surface area contributed by atoms with E-state index < -0.39 is 5.97 Å². The van der Waals surface area contributed by atoms with Crippen LogP contribution in [0.25, 0.3) is 0 Å². The van der Waals surface area contributed by atoms with E-state index in [2.05, 4.69) is 15.0 Å². The van der Waals surface area contributed by atoms with E-state index in [-0.39, 0.29) is 0 Å². The van der Waals surface area contributed by atoms with E-state index in [4.69, 9.17) is 21.1 Å². The Kier molecular flexibility index (Phi) is 4.87. The Labute approximate surface area is 130 Å². The molecule has 0 aliphatic heterocycles. The van der Waals surface area contributed by atoms with Gasteiger partial charge in [0.2, 0.25) is 0 Å². The molecule has 0 bridgehead atoms. The predicted molar refractivity (Wildman–Crippen MR) is 81.3 cm³/mol. The molecule has 0 atom stereocenters. The number of rotatable bonds is 5. The zero-order chi connectivity index (χ0) is 15.4. The third kappa shape index (κ3) is 3.37. The van der Waals surface area contributed by atoms with Gasteiger partial charge in [0.1, 0.15) is 16.4 Å². The van der Waals surface area contributed by atoms with Crippen molar-refractivity contribution in [3.63, 3.8) is 0 Å². The van der Waals surface area contributed by atoms with Crippen LogP contribution in [-0.4, -0.2) is 32.3 Å². The highest BCUT2D eigenvalue weighted by Crippen LogP contribution is 2.37. The molecule has 0 amide bonds. The van der Waals surface area contributed by atoms with Crippen molar-refractivity contribution in [3.05, 3.63) is 28.2 Å². The number of anilines is 2. The number of nitrogens with one attached hydrogen (secondary N) is 1. The SMILES string of the molecule is COC(=O)c1cnc(Nc2cc(Cl)c(OC)cc2OC)s1. The lowest BCUT2D eigenvalue weighted by Gasteiger charge is -2.12. The molecule has 1 aromatic heterocycles. The first-order valence-corrected chi connectivity index (χ1v) is 7.01. The number of benzene rings is 1. The first-order chi connectivity index (χ1) is 10.1.